The second-order valence-corrected chi connectivity index (χ2v) is 6.30. The van der Waals surface area contributed by atoms with Crippen molar-refractivity contribution in [3.05, 3.63) is 89.9 Å². The van der Waals surface area contributed by atoms with Crippen LogP contribution >= 0.6 is 0 Å². The number of H-pyrrole nitrogens is 1. The molecule has 0 aliphatic heterocycles. The van der Waals surface area contributed by atoms with Gasteiger partial charge < -0.3 is 15.0 Å². The van der Waals surface area contributed by atoms with Crippen molar-refractivity contribution in [2.24, 2.45) is 0 Å². The van der Waals surface area contributed by atoms with Crippen molar-refractivity contribution >= 4 is 16.6 Å². The second-order valence-electron chi connectivity index (χ2n) is 6.30. The number of anilines is 1. The summed E-state index contributed by atoms with van der Waals surface area (Å²) in [5.41, 5.74) is 5.64. The van der Waals surface area contributed by atoms with E-state index in [4.69, 9.17) is 4.74 Å². The van der Waals surface area contributed by atoms with Crippen LogP contribution in [0.1, 0.15) is 22.9 Å². The van der Waals surface area contributed by atoms with Crippen molar-refractivity contribution < 1.29 is 4.74 Å². The first-order chi connectivity index (χ1) is 12.8. The van der Waals surface area contributed by atoms with E-state index in [2.05, 4.69) is 58.6 Å². The minimum Gasteiger partial charge on any atom is -0.497 e. The predicted molar refractivity (Wildman–Crippen MR) is 106 cm³/mol. The molecule has 4 nitrogen and oxygen atoms in total. The molecule has 0 saturated heterocycles. The van der Waals surface area contributed by atoms with Gasteiger partial charge in [0.15, 0.2) is 0 Å². The molecule has 130 valence electrons. The standard InChI is InChI=1S/C22H21N3O/c1-15-21(19-10-3-4-11-20(19)24-15)22(16-7-6-12-23-14-16)25-17-8-5-9-18(13-17)26-2/h3-14,22,24-25H,1-2H3/t22-/m0/s1. The molecule has 0 aliphatic carbocycles. The molecule has 4 aromatic rings. The number of fused-ring (bicyclic) bond motifs is 1. The first-order valence-corrected chi connectivity index (χ1v) is 8.64. The van der Waals surface area contributed by atoms with Gasteiger partial charge >= 0.3 is 0 Å². The molecule has 2 heterocycles. The Hall–Kier alpha value is -3.27. The fourth-order valence-corrected chi connectivity index (χ4v) is 3.42. The molecule has 2 aromatic carbocycles. The molecule has 0 saturated carbocycles. The molecule has 4 rings (SSSR count). The number of nitrogens with one attached hydrogen (secondary N) is 2. The van der Waals surface area contributed by atoms with Crippen molar-refractivity contribution in [2.45, 2.75) is 13.0 Å². The van der Waals surface area contributed by atoms with Gasteiger partial charge in [-0.3, -0.25) is 4.98 Å². The van der Waals surface area contributed by atoms with Gasteiger partial charge in [0.05, 0.1) is 13.2 Å². The van der Waals surface area contributed by atoms with E-state index in [1.165, 1.54) is 10.9 Å². The van der Waals surface area contributed by atoms with Gasteiger partial charge in [0.25, 0.3) is 0 Å². The van der Waals surface area contributed by atoms with Gasteiger partial charge in [0.1, 0.15) is 5.75 Å². The van der Waals surface area contributed by atoms with Crippen LogP contribution in [0.5, 0.6) is 5.75 Å². The number of aromatic nitrogens is 2. The SMILES string of the molecule is COc1cccc(N[C@@H](c2cccnc2)c2c(C)[nH]c3ccccc23)c1. The summed E-state index contributed by atoms with van der Waals surface area (Å²) in [7, 11) is 1.68. The van der Waals surface area contributed by atoms with Crippen LogP contribution in [0.3, 0.4) is 0 Å². The van der Waals surface area contributed by atoms with Crippen LogP contribution in [0, 0.1) is 6.92 Å². The molecule has 0 bridgehead atoms. The second kappa shape index (κ2) is 6.92. The van der Waals surface area contributed by atoms with Gasteiger partial charge in [-0.25, -0.2) is 0 Å². The van der Waals surface area contributed by atoms with Crippen LogP contribution in [0.4, 0.5) is 5.69 Å². The minimum absolute atomic E-state index is 0.0213. The number of nitrogens with zero attached hydrogens (tertiary/aromatic N) is 1. The maximum absolute atomic E-state index is 5.37. The van der Waals surface area contributed by atoms with Crippen LogP contribution in [-0.4, -0.2) is 17.1 Å². The van der Waals surface area contributed by atoms with Crippen molar-refractivity contribution in [3.8, 4) is 5.75 Å². The summed E-state index contributed by atoms with van der Waals surface area (Å²) in [5.74, 6) is 0.829. The highest BCUT2D eigenvalue weighted by Gasteiger charge is 2.21. The van der Waals surface area contributed by atoms with Crippen LogP contribution in [0.25, 0.3) is 10.9 Å². The fourth-order valence-electron chi connectivity index (χ4n) is 3.42. The fraction of sp³-hybridized carbons (Fsp3) is 0.136. The molecular weight excluding hydrogens is 322 g/mol. The number of aryl methyl sites for hydroxylation is 1. The molecule has 2 aromatic heterocycles. The van der Waals surface area contributed by atoms with E-state index in [1.807, 2.05) is 30.5 Å². The summed E-state index contributed by atoms with van der Waals surface area (Å²) in [6.07, 6.45) is 3.72. The summed E-state index contributed by atoms with van der Waals surface area (Å²) in [6, 6.07) is 20.4. The Balaban J connectivity index is 1.84. The van der Waals surface area contributed by atoms with Crippen molar-refractivity contribution in [3.63, 3.8) is 0 Å². The number of hydrogen-bond acceptors (Lipinski definition) is 3. The number of benzene rings is 2. The number of rotatable bonds is 5. The monoisotopic (exact) mass is 343 g/mol. The highest BCUT2D eigenvalue weighted by atomic mass is 16.5. The number of aromatic amines is 1. The maximum atomic E-state index is 5.37. The normalized spacial score (nSPS) is 12.1. The Morgan fingerprint density at radius 1 is 1.04 bits per heavy atom. The zero-order chi connectivity index (χ0) is 17.9. The lowest BCUT2D eigenvalue weighted by Gasteiger charge is -2.21. The third kappa shape index (κ3) is 3.02. The quantitative estimate of drug-likeness (QED) is 0.531. The largest absolute Gasteiger partial charge is 0.497 e. The first kappa shape index (κ1) is 16.2. The van der Waals surface area contributed by atoms with Gasteiger partial charge in [0, 0.05) is 46.3 Å². The van der Waals surface area contributed by atoms with Gasteiger partial charge in [-0.1, -0.05) is 30.3 Å². The molecule has 0 aliphatic rings. The summed E-state index contributed by atoms with van der Waals surface area (Å²) >= 11 is 0. The van der Waals surface area contributed by atoms with Gasteiger partial charge in [-0.05, 0) is 36.8 Å². The van der Waals surface area contributed by atoms with Crippen LogP contribution in [0.15, 0.2) is 73.1 Å². The number of para-hydroxylation sites is 1. The number of pyridine rings is 1. The Kier molecular flexibility index (Phi) is 4.32. The van der Waals surface area contributed by atoms with Crippen LogP contribution < -0.4 is 10.1 Å². The van der Waals surface area contributed by atoms with Gasteiger partial charge in [-0.15, -0.1) is 0 Å². The summed E-state index contributed by atoms with van der Waals surface area (Å²) in [5, 5.41) is 4.88. The smallest absolute Gasteiger partial charge is 0.120 e. The van der Waals surface area contributed by atoms with Crippen molar-refractivity contribution in [1.29, 1.82) is 0 Å². The number of ether oxygens (including phenoxy) is 1. The third-order valence-corrected chi connectivity index (χ3v) is 4.63. The summed E-state index contributed by atoms with van der Waals surface area (Å²) in [6.45, 7) is 2.12. The lowest BCUT2D eigenvalue weighted by atomic mass is 9.97. The summed E-state index contributed by atoms with van der Waals surface area (Å²) < 4.78 is 5.37. The van der Waals surface area contributed by atoms with Gasteiger partial charge in [-0.2, -0.15) is 0 Å². The zero-order valence-electron chi connectivity index (χ0n) is 14.9. The van der Waals surface area contributed by atoms with E-state index >= 15 is 0 Å². The molecule has 4 heteroatoms. The predicted octanol–water partition coefficient (Wildman–Crippen LogP) is 5.08. The van der Waals surface area contributed by atoms with E-state index in [0.717, 1.165) is 28.2 Å². The van der Waals surface area contributed by atoms with E-state index in [1.54, 1.807) is 13.3 Å². The topological polar surface area (TPSA) is 49.9 Å². The lowest BCUT2D eigenvalue weighted by Crippen LogP contribution is -2.13. The molecular formula is C22H21N3O. The molecule has 0 fully saturated rings. The minimum atomic E-state index is -0.0213. The molecule has 1 atom stereocenters. The highest BCUT2D eigenvalue weighted by molar-refractivity contribution is 5.86. The van der Waals surface area contributed by atoms with Crippen LogP contribution in [-0.2, 0) is 0 Å². The summed E-state index contributed by atoms with van der Waals surface area (Å²) in [4.78, 5) is 7.83. The lowest BCUT2D eigenvalue weighted by molar-refractivity contribution is 0.415. The molecule has 0 spiro atoms. The molecule has 2 N–H and O–H groups in total. The maximum Gasteiger partial charge on any atom is 0.120 e. The first-order valence-electron chi connectivity index (χ1n) is 8.64. The Morgan fingerprint density at radius 3 is 2.73 bits per heavy atom. The Bertz CT molecular complexity index is 1020. The average molecular weight is 343 g/mol. The van der Waals surface area contributed by atoms with Crippen molar-refractivity contribution in [2.75, 3.05) is 12.4 Å². The molecule has 0 radical (unpaired) electrons. The van der Waals surface area contributed by atoms with Gasteiger partial charge in [0.2, 0.25) is 0 Å². The van der Waals surface area contributed by atoms with E-state index in [0.29, 0.717) is 0 Å². The number of hydrogen-bond donors (Lipinski definition) is 2. The Labute approximate surface area is 152 Å². The van der Waals surface area contributed by atoms with Crippen LogP contribution in [0.2, 0.25) is 0 Å². The zero-order valence-corrected chi connectivity index (χ0v) is 14.9. The molecule has 0 amide bonds. The third-order valence-electron chi connectivity index (χ3n) is 4.63. The Morgan fingerprint density at radius 2 is 1.92 bits per heavy atom. The average Bonchev–Trinajstić information content (AvgIpc) is 3.02. The number of methoxy groups -OCH3 is 1. The highest BCUT2D eigenvalue weighted by Crippen LogP contribution is 2.34. The molecule has 0 unspecified atom stereocenters. The van der Waals surface area contributed by atoms with E-state index in [-0.39, 0.29) is 6.04 Å². The van der Waals surface area contributed by atoms with E-state index < -0.39 is 0 Å². The van der Waals surface area contributed by atoms with Crippen molar-refractivity contribution in [1.82, 2.24) is 9.97 Å². The molecule has 26 heavy (non-hydrogen) atoms. The van der Waals surface area contributed by atoms with E-state index in [9.17, 15) is 0 Å².